The average Bonchev–Trinajstić information content (AvgIpc) is 2.94. The number of hydrogen-bond acceptors (Lipinski definition) is 2. The van der Waals surface area contributed by atoms with Gasteiger partial charge in [0.25, 0.3) is 0 Å². The maximum atomic E-state index is 12.2. The minimum Gasteiger partial charge on any atom is -0.305 e. The van der Waals surface area contributed by atoms with E-state index in [1.165, 1.54) is 19.3 Å². The van der Waals surface area contributed by atoms with Gasteiger partial charge in [0, 0.05) is 6.42 Å². The maximum Gasteiger partial charge on any atom is 0.152 e. The molecule has 0 spiro atoms. The third-order valence-electron chi connectivity index (χ3n) is 3.93. The Morgan fingerprint density at radius 2 is 2.27 bits per heavy atom. The van der Waals surface area contributed by atoms with Crippen molar-refractivity contribution in [1.29, 1.82) is 0 Å². The van der Waals surface area contributed by atoms with Crippen LogP contribution in [-0.2, 0) is 4.79 Å². The molecule has 0 amide bonds. The molecule has 1 aliphatic heterocycles. The first-order valence-electron chi connectivity index (χ1n) is 6.55. The standard InChI is InChI=1S/C13H23NO/c1-2-8-13(9-3-10-14-13)12(15)7-6-11-4-5-11/h11,14H,2-10H2,1H3. The predicted molar refractivity (Wildman–Crippen MR) is 61.8 cm³/mol. The molecule has 1 atom stereocenters. The zero-order valence-corrected chi connectivity index (χ0v) is 9.85. The van der Waals surface area contributed by atoms with E-state index in [1.54, 1.807) is 0 Å². The van der Waals surface area contributed by atoms with E-state index < -0.39 is 0 Å². The van der Waals surface area contributed by atoms with Crippen molar-refractivity contribution in [3.63, 3.8) is 0 Å². The van der Waals surface area contributed by atoms with Gasteiger partial charge in [0.2, 0.25) is 0 Å². The summed E-state index contributed by atoms with van der Waals surface area (Å²) in [7, 11) is 0. The molecule has 15 heavy (non-hydrogen) atoms. The summed E-state index contributed by atoms with van der Waals surface area (Å²) in [5.41, 5.74) is -0.121. The number of carbonyl (C=O) groups is 1. The molecule has 1 N–H and O–H groups in total. The molecule has 0 radical (unpaired) electrons. The molecule has 0 bridgehead atoms. The normalized spacial score (nSPS) is 30.7. The quantitative estimate of drug-likeness (QED) is 0.728. The van der Waals surface area contributed by atoms with Gasteiger partial charge in [0.1, 0.15) is 0 Å². The smallest absolute Gasteiger partial charge is 0.152 e. The number of ketones is 1. The van der Waals surface area contributed by atoms with Crippen LogP contribution in [-0.4, -0.2) is 17.9 Å². The average molecular weight is 209 g/mol. The third-order valence-corrected chi connectivity index (χ3v) is 3.93. The van der Waals surface area contributed by atoms with Crippen LogP contribution in [0.15, 0.2) is 0 Å². The van der Waals surface area contributed by atoms with Gasteiger partial charge in [0.05, 0.1) is 5.54 Å². The molecule has 2 rings (SSSR count). The first-order valence-corrected chi connectivity index (χ1v) is 6.55. The van der Waals surface area contributed by atoms with Crippen molar-refractivity contribution in [3.05, 3.63) is 0 Å². The Morgan fingerprint density at radius 3 is 2.80 bits per heavy atom. The lowest BCUT2D eigenvalue weighted by Crippen LogP contribution is -2.47. The third kappa shape index (κ3) is 2.60. The van der Waals surface area contributed by atoms with E-state index in [1.807, 2.05) is 0 Å². The molecule has 2 heteroatoms. The summed E-state index contributed by atoms with van der Waals surface area (Å²) in [6.07, 6.45) is 9.09. The fourth-order valence-electron chi connectivity index (χ4n) is 2.80. The van der Waals surface area contributed by atoms with Crippen LogP contribution in [0.1, 0.15) is 58.3 Å². The van der Waals surface area contributed by atoms with Crippen molar-refractivity contribution < 1.29 is 4.79 Å². The minimum absolute atomic E-state index is 0.121. The molecular weight excluding hydrogens is 186 g/mol. The van der Waals surface area contributed by atoms with Crippen LogP contribution in [0.2, 0.25) is 0 Å². The van der Waals surface area contributed by atoms with Crippen LogP contribution in [0, 0.1) is 5.92 Å². The van der Waals surface area contributed by atoms with Crippen LogP contribution in [0.4, 0.5) is 0 Å². The van der Waals surface area contributed by atoms with E-state index in [4.69, 9.17) is 0 Å². The van der Waals surface area contributed by atoms with Gasteiger partial charge in [-0.3, -0.25) is 4.79 Å². The number of rotatable bonds is 6. The molecule has 1 saturated carbocycles. The zero-order chi connectivity index (χ0) is 10.7. The van der Waals surface area contributed by atoms with Crippen LogP contribution < -0.4 is 5.32 Å². The summed E-state index contributed by atoms with van der Waals surface area (Å²) in [6.45, 7) is 3.21. The number of carbonyl (C=O) groups excluding carboxylic acids is 1. The Labute approximate surface area is 92.8 Å². The lowest BCUT2D eigenvalue weighted by atomic mass is 9.85. The fourth-order valence-corrected chi connectivity index (χ4v) is 2.80. The number of Topliss-reactive ketones (excluding diaryl/α,β-unsaturated/α-hetero) is 1. The van der Waals surface area contributed by atoms with Crippen molar-refractivity contribution in [2.24, 2.45) is 5.92 Å². The van der Waals surface area contributed by atoms with Gasteiger partial charge in [0.15, 0.2) is 5.78 Å². The van der Waals surface area contributed by atoms with E-state index in [-0.39, 0.29) is 5.54 Å². The first-order chi connectivity index (χ1) is 7.27. The molecule has 2 nitrogen and oxygen atoms in total. The van der Waals surface area contributed by atoms with Gasteiger partial charge in [-0.15, -0.1) is 0 Å². The number of hydrogen-bond donors (Lipinski definition) is 1. The number of nitrogens with one attached hydrogen (secondary N) is 1. The highest BCUT2D eigenvalue weighted by molar-refractivity contribution is 5.88. The molecule has 0 aromatic rings. The summed E-state index contributed by atoms with van der Waals surface area (Å²) >= 11 is 0. The van der Waals surface area contributed by atoms with Crippen molar-refractivity contribution in [2.45, 2.75) is 63.8 Å². The van der Waals surface area contributed by atoms with Crippen molar-refractivity contribution in [3.8, 4) is 0 Å². The highest BCUT2D eigenvalue weighted by Gasteiger charge is 2.39. The van der Waals surface area contributed by atoms with Crippen molar-refractivity contribution in [1.82, 2.24) is 5.32 Å². The minimum atomic E-state index is -0.121. The summed E-state index contributed by atoms with van der Waals surface area (Å²) in [5, 5.41) is 3.47. The molecular formula is C13H23NO. The Hall–Kier alpha value is -0.370. The second-order valence-electron chi connectivity index (χ2n) is 5.27. The van der Waals surface area contributed by atoms with E-state index in [9.17, 15) is 4.79 Å². The summed E-state index contributed by atoms with van der Waals surface area (Å²) in [4.78, 5) is 12.2. The largest absolute Gasteiger partial charge is 0.305 e. The van der Waals surface area contributed by atoms with Gasteiger partial charge in [-0.05, 0) is 38.1 Å². The Morgan fingerprint density at radius 1 is 1.47 bits per heavy atom. The zero-order valence-electron chi connectivity index (χ0n) is 9.85. The molecule has 1 heterocycles. The van der Waals surface area contributed by atoms with Crippen molar-refractivity contribution >= 4 is 5.78 Å². The Balaban J connectivity index is 1.87. The topological polar surface area (TPSA) is 29.1 Å². The van der Waals surface area contributed by atoms with Gasteiger partial charge in [-0.25, -0.2) is 0 Å². The van der Waals surface area contributed by atoms with E-state index in [2.05, 4.69) is 12.2 Å². The lowest BCUT2D eigenvalue weighted by Gasteiger charge is -2.27. The van der Waals surface area contributed by atoms with Crippen LogP contribution in [0.3, 0.4) is 0 Å². The summed E-state index contributed by atoms with van der Waals surface area (Å²) < 4.78 is 0. The van der Waals surface area contributed by atoms with E-state index >= 15 is 0 Å². The fraction of sp³-hybridized carbons (Fsp3) is 0.923. The lowest BCUT2D eigenvalue weighted by molar-refractivity contribution is -0.125. The maximum absolute atomic E-state index is 12.2. The van der Waals surface area contributed by atoms with E-state index in [0.717, 1.165) is 44.6 Å². The molecule has 2 fully saturated rings. The second kappa shape index (κ2) is 4.65. The predicted octanol–water partition coefficient (Wildman–Crippen LogP) is 2.67. The molecule has 1 unspecified atom stereocenters. The highest BCUT2D eigenvalue weighted by atomic mass is 16.1. The van der Waals surface area contributed by atoms with Crippen LogP contribution in [0.25, 0.3) is 0 Å². The molecule has 1 aliphatic carbocycles. The monoisotopic (exact) mass is 209 g/mol. The van der Waals surface area contributed by atoms with Crippen LogP contribution >= 0.6 is 0 Å². The molecule has 0 aromatic heterocycles. The van der Waals surface area contributed by atoms with Crippen LogP contribution in [0.5, 0.6) is 0 Å². The first kappa shape index (κ1) is 11.1. The van der Waals surface area contributed by atoms with Gasteiger partial charge in [-0.1, -0.05) is 26.2 Å². The molecule has 0 aromatic carbocycles. The van der Waals surface area contributed by atoms with Gasteiger partial charge >= 0.3 is 0 Å². The molecule has 86 valence electrons. The van der Waals surface area contributed by atoms with Crippen molar-refractivity contribution in [2.75, 3.05) is 6.54 Å². The Kier molecular flexibility index (Phi) is 3.45. The summed E-state index contributed by atoms with van der Waals surface area (Å²) in [6, 6.07) is 0. The van der Waals surface area contributed by atoms with Gasteiger partial charge < -0.3 is 5.32 Å². The van der Waals surface area contributed by atoms with E-state index in [0.29, 0.717) is 5.78 Å². The summed E-state index contributed by atoms with van der Waals surface area (Å²) in [5.74, 6) is 1.38. The molecule has 1 saturated heterocycles. The van der Waals surface area contributed by atoms with Gasteiger partial charge in [-0.2, -0.15) is 0 Å². The Bertz CT molecular complexity index is 227. The molecule has 2 aliphatic rings. The second-order valence-corrected chi connectivity index (χ2v) is 5.27. The highest BCUT2D eigenvalue weighted by Crippen LogP contribution is 2.35. The SMILES string of the molecule is CCCC1(C(=O)CCC2CC2)CCCN1.